The highest BCUT2D eigenvalue weighted by Crippen LogP contribution is 2.33. The number of hydrogen-bond donors (Lipinski definition) is 3. The van der Waals surface area contributed by atoms with Gasteiger partial charge in [-0.3, -0.25) is 9.20 Å². The summed E-state index contributed by atoms with van der Waals surface area (Å²) in [6.45, 7) is 10.8. The van der Waals surface area contributed by atoms with Crippen LogP contribution in [0.2, 0.25) is 0 Å². The van der Waals surface area contributed by atoms with Crippen LogP contribution in [-0.4, -0.2) is 32.9 Å². The zero-order valence-corrected chi connectivity index (χ0v) is 20.5. The number of carbonyl (C=O) groups is 1. The molecule has 1 aliphatic rings. The maximum absolute atomic E-state index is 13.3. The van der Waals surface area contributed by atoms with Gasteiger partial charge in [0.25, 0.3) is 5.91 Å². The molecule has 0 aliphatic heterocycles. The molecule has 1 fully saturated rings. The van der Waals surface area contributed by atoms with E-state index in [-0.39, 0.29) is 23.5 Å². The van der Waals surface area contributed by atoms with Gasteiger partial charge in [-0.05, 0) is 70.1 Å². The van der Waals surface area contributed by atoms with Crippen LogP contribution >= 0.6 is 0 Å². The van der Waals surface area contributed by atoms with Crippen molar-refractivity contribution >= 4 is 17.4 Å². The first-order valence-corrected chi connectivity index (χ1v) is 12.1. The molecule has 6 nitrogen and oxygen atoms in total. The van der Waals surface area contributed by atoms with E-state index in [9.17, 15) is 4.79 Å². The number of nitrogens with two attached hydrogens (primary N) is 1. The molecule has 1 saturated carbocycles. The van der Waals surface area contributed by atoms with Gasteiger partial charge in [0.1, 0.15) is 11.5 Å². The highest BCUT2D eigenvalue weighted by Gasteiger charge is 2.25. The average Bonchev–Trinajstić information content (AvgIpc) is 3.12. The highest BCUT2D eigenvalue weighted by atomic mass is 16.1. The summed E-state index contributed by atoms with van der Waals surface area (Å²) in [6.07, 6.45) is 5.73. The van der Waals surface area contributed by atoms with Crippen LogP contribution in [0.25, 0.3) is 16.9 Å². The minimum absolute atomic E-state index is 0.0740. The number of fused-ring (bicyclic) bond motifs is 1. The lowest BCUT2D eigenvalue weighted by Crippen LogP contribution is -2.40. The molecule has 0 atom stereocenters. The predicted molar refractivity (Wildman–Crippen MR) is 136 cm³/mol. The summed E-state index contributed by atoms with van der Waals surface area (Å²) in [5.74, 6) is 1.29. The summed E-state index contributed by atoms with van der Waals surface area (Å²) in [6, 6.07) is 12.8. The molecule has 0 bridgehead atoms. The van der Waals surface area contributed by atoms with Crippen LogP contribution in [0.15, 0.2) is 42.6 Å². The van der Waals surface area contributed by atoms with Crippen LogP contribution in [0.1, 0.15) is 82.1 Å². The number of rotatable bonds is 5. The predicted octanol–water partition coefficient (Wildman–Crippen LogP) is 5.33. The Labute approximate surface area is 197 Å². The first-order chi connectivity index (χ1) is 15.6. The van der Waals surface area contributed by atoms with Crippen molar-refractivity contribution in [1.29, 1.82) is 0 Å². The number of pyridine rings is 1. The van der Waals surface area contributed by atoms with E-state index in [0.29, 0.717) is 17.1 Å². The van der Waals surface area contributed by atoms with Crippen molar-refractivity contribution in [2.45, 2.75) is 83.8 Å². The monoisotopic (exact) mass is 447 g/mol. The molecule has 0 saturated heterocycles. The molecule has 176 valence electrons. The Balaban J connectivity index is 1.74. The molecule has 2 heterocycles. The molecular formula is C27H37N5O. The zero-order valence-electron chi connectivity index (χ0n) is 20.5. The average molecular weight is 448 g/mol. The van der Waals surface area contributed by atoms with Gasteiger partial charge in [0.2, 0.25) is 0 Å². The van der Waals surface area contributed by atoms with Crippen molar-refractivity contribution in [2.75, 3.05) is 5.32 Å². The van der Waals surface area contributed by atoms with Crippen molar-refractivity contribution in [2.24, 2.45) is 5.73 Å². The maximum Gasteiger partial charge on any atom is 0.255 e. The Morgan fingerprint density at radius 2 is 1.76 bits per heavy atom. The normalized spacial score (nSPS) is 19.1. The third kappa shape index (κ3) is 5.22. The van der Waals surface area contributed by atoms with Gasteiger partial charge in [0.15, 0.2) is 5.65 Å². The molecule has 1 aromatic carbocycles. The molecule has 2 aromatic heterocycles. The van der Waals surface area contributed by atoms with Gasteiger partial charge in [-0.25, -0.2) is 4.98 Å². The smallest absolute Gasteiger partial charge is 0.255 e. The van der Waals surface area contributed by atoms with Crippen molar-refractivity contribution in [3.63, 3.8) is 0 Å². The summed E-state index contributed by atoms with van der Waals surface area (Å²) in [4.78, 5) is 18.2. The second-order valence-corrected chi connectivity index (χ2v) is 10.7. The molecule has 1 amide bonds. The highest BCUT2D eigenvalue weighted by molar-refractivity contribution is 6.01. The second kappa shape index (κ2) is 9.18. The summed E-state index contributed by atoms with van der Waals surface area (Å²) in [7, 11) is 0. The first kappa shape index (κ1) is 23.3. The van der Waals surface area contributed by atoms with Gasteiger partial charge in [-0.2, -0.15) is 0 Å². The van der Waals surface area contributed by atoms with E-state index >= 15 is 0 Å². The number of amides is 1. The largest absolute Gasteiger partial charge is 0.365 e. The van der Waals surface area contributed by atoms with Crippen molar-refractivity contribution in [3.05, 3.63) is 53.7 Å². The molecule has 33 heavy (non-hydrogen) atoms. The van der Waals surface area contributed by atoms with Gasteiger partial charge in [0.05, 0.1) is 5.56 Å². The van der Waals surface area contributed by atoms with E-state index in [2.05, 4.69) is 69.5 Å². The number of carbonyl (C=O) groups excluding carboxylic acids is 1. The lowest BCUT2D eigenvalue weighted by Gasteiger charge is -2.26. The quantitative estimate of drug-likeness (QED) is 0.493. The van der Waals surface area contributed by atoms with E-state index in [1.807, 2.05) is 22.7 Å². The van der Waals surface area contributed by atoms with E-state index in [4.69, 9.17) is 10.7 Å². The number of nitrogens with one attached hydrogen (secondary N) is 2. The fraction of sp³-hybridized carbons (Fsp3) is 0.481. The summed E-state index contributed by atoms with van der Waals surface area (Å²) >= 11 is 0. The number of nitrogens with zero attached hydrogens (tertiary/aromatic N) is 2. The van der Waals surface area contributed by atoms with Gasteiger partial charge < -0.3 is 16.4 Å². The number of anilines is 1. The van der Waals surface area contributed by atoms with E-state index in [1.165, 1.54) is 5.56 Å². The van der Waals surface area contributed by atoms with Crippen LogP contribution in [0, 0.1) is 0 Å². The van der Waals surface area contributed by atoms with E-state index in [0.717, 1.165) is 42.8 Å². The number of hydrogen-bond acceptors (Lipinski definition) is 4. The molecule has 1 aliphatic carbocycles. The Bertz CT molecular complexity index is 1120. The van der Waals surface area contributed by atoms with Gasteiger partial charge in [-0.15, -0.1) is 0 Å². The Morgan fingerprint density at radius 3 is 2.36 bits per heavy atom. The molecule has 0 radical (unpaired) electrons. The lowest BCUT2D eigenvalue weighted by atomic mass is 9.91. The van der Waals surface area contributed by atoms with Crippen LogP contribution in [0.5, 0.6) is 0 Å². The molecule has 6 heteroatoms. The third-order valence-corrected chi connectivity index (χ3v) is 6.35. The van der Waals surface area contributed by atoms with E-state index in [1.54, 1.807) is 0 Å². The molecular weight excluding hydrogens is 410 g/mol. The summed E-state index contributed by atoms with van der Waals surface area (Å²) in [5, 5.41) is 6.83. The first-order valence-electron chi connectivity index (χ1n) is 12.1. The zero-order chi connectivity index (χ0) is 23.8. The second-order valence-electron chi connectivity index (χ2n) is 10.7. The topological polar surface area (TPSA) is 84.5 Å². The fourth-order valence-electron chi connectivity index (χ4n) is 4.47. The Hall–Kier alpha value is -2.86. The summed E-state index contributed by atoms with van der Waals surface area (Å²) < 4.78 is 2.00. The maximum atomic E-state index is 13.3. The fourth-order valence-corrected chi connectivity index (χ4v) is 4.47. The molecule has 4 rings (SSSR count). The van der Waals surface area contributed by atoms with Gasteiger partial charge >= 0.3 is 0 Å². The number of aromatic nitrogens is 2. The van der Waals surface area contributed by atoms with Crippen LogP contribution in [0.3, 0.4) is 0 Å². The number of benzene rings is 1. The minimum Gasteiger partial charge on any atom is -0.365 e. The van der Waals surface area contributed by atoms with E-state index < -0.39 is 0 Å². The van der Waals surface area contributed by atoms with Gasteiger partial charge in [-0.1, -0.05) is 38.1 Å². The lowest BCUT2D eigenvalue weighted by molar-refractivity contribution is 0.0927. The molecule has 4 N–H and O–H groups in total. The van der Waals surface area contributed by atoms with Crippen molar-refractivity contribution in [1.82, 2.24) is 14.7 Å². The third-order valence-electron chi connectivity index (χ3n) is 6.35. The standard InChI is InChI=1S/C27H37N5O/c1-17(2)18-8-10-19(11-9-18)23-25(31-27(3,4)5)32-16-6-7-22(24(32)30-23)26(33)29-21-14-12-20(28)13-15-21/h6-11,16-17,20-21,31H,12-15,28H2,1-5H3,(H,29,33). The van der Waals surface area contributed by atoms with Crippen molar-refractivity contribution in [3.8, 4) is 11.3 Å². The minimum atomic E-state index is -0.165. The molecule has 3 aromatic rings. The molecule has 0 spiro atoms. The number of imidazole rings is 1. The van der Waals surface area contributed by atoms with Crippen LogP contribution < -0.4 is 16.4 Å². The van der Waals surface area contributed by atoms with Gasteiger partial charge in [0, 0.05) is 29.4 Å². The summed E-state index contributed by atoms with van der Waals surface area (Å²) in [5.41, 5.74) is 10.3. The Kier molecular flexibility index (Phi) is 6.48. The SMILES string of the molecule is CC(C)c1ccc(-c2nc3c(C(=O)NC4CCC(N)CC4)cccn3c2NC(C)(C)C)cc1. The van der Waals surface area contributed by atoms with Crippen LogP contribution in [-0.2, 0) is 0 Å². The van der Waals surface area contributed by atoms with Crippen LogP contribution in [0.4, 0.5) is 5.82 Å². The molecule has 0 unspecified atom stereocenters. The van der Waals surface area contributed by atoms with Crippen molar-refractivity contribution < 1.29 is 4.79 Å². The Morgan fingerprint density at radius 1 is 1.09 bits per heavy atom.